The number of rotatable bonds is 7. The second-order valence-corrected chi connectivity index (χ2v) is 17.0. The Morgan fingerprint density at radius 3 is 1.86 bits per heavy atom. The zero-order valence-electron chi connectivity index (χ0n) is 34.0. The van der Waals surface area contributed by atoms with Crippen LogP contribution in [0.2, 0.25) is 0 Å². The molecule has 0 atom stereocenters. The molecule has 0 saturated carbocycles. The van der Waals surface area contributed by atoms with Gasteiger partial charge in [-0.2, -0.15) is 0 Å². The molecule has 0 amide bonds. The van der Waals surface area contributed by atoms with Crippen LogP contribution in [0.3, 0.4) is 0 Å². The van der Waals surface area contributed by atoms with Crippen molar-refractivity contribution in [3.63, 3.8) is 0 Å². The topological polar surface area (TPSA) is 74.5 Å². The van der Waals surface area contributed by atoms with Crippen molar-refractivity contribution in [2.24, 2.45) is 7.05 Å². The largest absolute Gasteiger partial charge is 0.456 e. The van der Waals surface area contributed by atoms with E-state index in [0.717, 1.165) is 55.6 Å². The van der Waals surface area contributed by atoms with E-state index in [2.05, 4.69) is 130 Å². The summed E-state index contributed by atoms with van der Waals surface area (Å²) in [5.41, 5.74) is 7.70. The van der Waals surface area contributed by atoms with Gasteiger partial charge >= 0.3 is 0 Å². The van der Waals surface area contributed by atoms with Gasteiger partial charge in [-0.25, -0.2) is 29.1 Å². The third-order valence-corrected chi connectivity index (χ3v) is 10.6. The van der Waals surface area contributed by atoms with Crippen molar-refractivity contribution in [2.75, 3.05) is 0 Å². The Hall–Kier alpha value is -6.93. The van der Waals surface area contributed by atoms with E-state index in [1.54, 1.807) is 0 Å². The number of nitrogens with zero attached hydrogens (tertiary/aromatic N) is 7. The highest BCUT2D eigenvalue weighted by atomic mass is 16.5. The summed E-state index contributed by atoms with van der Waals surface area (Å²) < 4.78 is 13.6. The normalized spacial score (nSPS) is 12.1. The van der Waals surface area contributed by atoms with Gasteiger partial charge in [0.1, 0.15) is 35.4 Å². The van der Waals surface area contributed by atoms with Crippen molar-refractivity contribution in [2.45, 2.75) is 52.4 Å². The summed E-state index contributed by atoms with van der Waals surface area (Å²) in [7, 11) is 2.02. The van der Waals surface area contributed by atoms with Gasteiger partial charge in [0.25, 0.3) is 0 Å². The van der Waals surface area contributed by atoms with Gasteiger partial charge in [-0.3, -0.25) is 4.57 Å². The summed E-state index contributed by atoms with van der Waals surface area (Å²) in [5.74, 6) is 3.84. The third-order valence-electron chi connectivity index (χ3n) is 10.6. The second kappa shape index (κ2) is 14.2. The lowest BCUT2D eigenvalue weighted by Gasteiger charge is -2.21. The van der Waals surface area contributed by atoms with Crippen LogP contribution < -0.4 is 9.30 Å². The Morgan fingerprint density at radius 2 is 1.22 bits per heavy atom. The van der Waals surface area contributed by atoms with Crippen molar-refractivity contribution in [1.29, 1.82) is 0 Å². The monoisotopic (exact) mass is 760 g/mol. The molecule has 58 heavy (non-hydrogen) atoms. The van der Waals surface area contributed by atoms with Crippen LogP contribution in [-0.2, 0) is 17.9 Å². The Labute approximate surface area is 339 Å². The fourth-order valence-electron chi connectivity index (χ4n) is 7.39. The summed E-state index contributed by atoms with van der Waals surface area (Å²) in [4.78, 5) is 20.3. The van der Waals surface area contributed by atoms with Gasteiger partial charge < -0.3 is 4.74 Å². The van der Waals surface area contributed by atoms with Crippen LogP contribution in [0, 0.1) is 0 Å². The standard InChI is InChI=1S/C50H46N7O/c1-49(2,3)35-22-23-51-45(28-35)57-42-21-15-14-20-39(42)40-30-41(48-53-46(33-16-10-8-11-17-33)52-47(54-48)34-18-12-9-13-19-34)44(31-43(40)57)58-38-27-36(50(4,5)6)26-37(29-38)56-25-24-55(7)32-56/h8-32H,1-7H3/q+1. The lowest BCUT2D eigenvalue weighted by atomic mass is 9.86. The van der Waals surface area contributed by atoms with Crippen LogP contribution in [-0.4, -0.2) is 29.1 Å². The maximum Gasteiger partial charge on any atom is 0.248 e. The van der Waals surface area contributed by atoms with Gasteiger partial charge in [-0.15, -0.1) is 0 Å². The minimum atomic E-state index is -0.143. The molecule has 0 unspecified atom stereocenters. The summed E-state index contributed by atoms with van der Waals surface area (Å²) in [6.45, 7) is 13.4. The van der Waals surface area contributed by atoms with E-state index >= 15 is 0 Å². The van der Waals surface area contributed by atoms with Crippen molar-refractivity contribution < 1.29 is 9.30 Å². The molecule has 286 valence electrons. The van der Waals surface area contributed by atoms with Gasteiger partial charge in [0.15, 0.2) is 17.5 Å². The van der Waals surface area contributed by atoms with Gasteiger partial charge in [0.05, 0.1) is 23.6 Å². The molecule has 0 aliphatic heterocycles. The summed E-state index contributed by atoms with van der Waals surface area (Å²) in [5, 5.41) is 2.12. The number of pyridine rings is 1. The minimum Gasteiger partial charge on any atom is -0.456 e. The van der Waals surface area contributed by atoms with Gasteiger partial charge in [0, 0.05) is 40.2 Å². The summed E-state index contributed by atoms with van der Waals surface area (Å²) in [6.07, 6.45) is 8.06. The molecule has 9 aromatic rings. The smallest absolute Gasteiger partial charge is 0.248 e. The van der Waals surface area contributed by atoms with E-state index in [-0.39, 0.29) is 10.8 Å². The third kappa shape index (κ3) is 7.02. The molecule has 5 aromatic carbocycles. The van der Waals surface area contributed by atoms with Crippen molar-refractivity contribution in [3.8, 4) is 57.2 Å². The van der Waals surface area contributed by atoms with Crippen molar-refractivity contribution in [1.82, 2.24) is 29.1 Å². The molecule has 8 heteroatoms. The average Bonchev–Trinajstić information content (AvgIpc) is 3.81. The highest BCUT2D eigenvalue weighted by Crippen LogP contribution is 2.42. The first-order chi connectivity index (χ1) is 27.9. The van der Waals surface area contributed by atoms with Crippen LogP contribution in [0.1, 0.15) is 52.7 Å². The van der Waals surface area contributed by atoms with Crippen LogP contribution >= 0.6 is 0 Å². The van der Waals surface area contributed by atoms with E-state index in [0.29, 0.717) is 29.0 Å². The molecule has 0 radical (unpaired) electrons. The predicted molar refractivity (Wildman–Crippen MR) is 233 cm³/mol. The van der Waals surface area contributed by atoms with Crippen LogP contribution in [0.15, 0.2) is 152 Å². The zero-order chi connectivity index (χ0) is 40.2. The quantitative estimate of drug-likeness (QED) is 0.151. The van der Waals surface area contributed by atoms with E-state index in [9.17, 15) is 0 Å². The Morgan fingerprint density at radius 1 is 0.586 bits per heavy atom. The van der Waals surface area contributed by atoms with Crippen LogP contribution in [0.25, 0.3) is 67.5 Å². The van der Waals surface area contributed by atoms with E-state index in [1.165, 1.54) is 5.56 Å². The maximum absolute atomic E-state index is 7.18. The number of benzene rings is 5. The number of fused-ring (bicyclic) bond motifs is 3. The summed E-state index contributed by atoms with van der Waals surface area (Å²) in [6, 6.07) is 43.7. The average molecular weight is 761 g/mol. The molecule has 0 bridgehead atoms. The molecule has 9 rings (SSSR count). The Bertz CT molecular complexity index is 2890. The zero-order valence-corrected chi connectivity index (χ0v) is 34.0. The SMILES string of the molecule is C[n+]1ccn(-c2cc(Oc3cc4c(cc3-c3nc(-c5ccccc5)nc(-c5ccccc5)n3)c3ccccc3n4-c3cc(C(C)(C)C)ccn3)cc(C(C)(C)C)c2)c1. The highest BCUT2D eigenvalue weighted by molar-refractivity contribution is 6.11. The molecular formula is C50H46N7O+. The maximum atomic E-state index is 7.18. The Balaban J connectivity index is 1.34. The molecule has 0 fully saturated rings. The number of ether oxygens (including phenoxy) is 1. The fourth-order valence-corrected chi connectivity index (χ4v) is 7.39. The second-order valence-electron chi connectivity index (χ2n) is 17.0. The van der Waals surface area contributed by atoms with Gasteiger partial charge in [0.2, 0.25) is 6.33 Å². The first kappa shape index (κ1) is 36.7. The fraction of sp³-hybridized carbons (Fsp3) is 0.180. The molecule has 0 spiro atoms. The molecule has 0 N–H and O–H groups in total. The number of aryl methyl sites for hydroxylation is 1. The minimum absolute atomic E-state index is 0.0595. The number of para-hydroxylation sites is 1. The van der Waals surface area contributed by atoms with E-state index < -0.39 is 0 Å². The molecule has 0 saturated heterocycles. The first-order valence-electron chi connectivity index (χ1n) is 19.7. The molecule has 8 nitrogen and oxygen atoms in total. The summed E-state index contributed by atoms with van der Waals surface area (Å²) >= 11 is 0. The van der Waals surface area contributed by atoms with E-state index in [1.807, 2.05) is 84.7 Å². The number of aromatic nitrogens is 7. The lowest BCUT2D eigenvalue weighted by Crippen LogP contribution is -2.23. The van der Waals surface area contributed by atoms with Gasteiger partial charge in [-0.05, 0) is 58.4 Å². The lowest BCUT2D eigenvalue weighted by molar-refractivity contribution is -0.670. The number of hydrogen-bond acceptors (Lipinski definition) is 5. The molecule has 4 heterocycles. The van der Waals surface area contributed by atoms with Gasteiger partial charge in [-0.1, -0.05) is 120 Å². The number of imidazole rings is 1. The van der Waals surface area contributed by atoms with E-state index in [4.69, 9.17) is 24.7 Å². The molecule has 4 aromatic heterocycles. The van der Waals surface area contributed by atoms with Crippen LogP contribution in [0.4, 0.5) is 0 Å². The first-order valence-corrected chi connectivity index (χ1v) is 19.7. The highest BCUT2D eigenvalue weighted by Gasteiger charge is 2.24. The molecule has 0 aliphatic carbocycles. The molecule has 0 aliphatic rings. The van der Waals surface area contributed by atoms with Crippen molar-refractivity contribution in [3.05, 3.63) is 163 Å². The van der Waals surface area contributed by atoms with Crippen LogP contribution in [0.5, 0.6) is 11.5 Å². The van der Waals surface area contributed by atoms with Crippen molar-refractivity contribution >= 4 is 21.8 Å². The molecular weight excluding hydrogens is 715 g/mol. The number of hydrogen-bond donors (Lipinski definition) is 0. The Kier molecular flexibility index (Phi) is 9.00. The predicted octanol–water partition coefficient (Wildman–Crippen LogP) is 11.4.